The van der Waals surface area contributed by atoms with Crippen molar-refractivity contribution in [2.24, 2.45) is 5.41 Å². The molecule has 0 aromatic heterocycles. The topological polar surface area (TPSA) is 57.6 Å². The standard InChI is InChI=1S/C22H30FNO3S/c1-5-12-22(20(27)28)17(15-9-7-10-16(23)14-15)11-8-13-24(22)19(26)18(25)21(3,4)6-2/h7,9-10,14,17H,5-6,8,11-13H2,1-4H3,(H,27,28). The molecule has 28 heavy (non-hydrogen) atoms. The van der Waals surface area contributed by atoms with E-state index in [-0.39, 0.29) is 16.8 Å². The number of halogens is 1. The second-order valence-corrected chi connectivity index (χ2v) is 8.64. The van der Waals surface area contributed by atoms with Crippen molar-refractivity contribution >= 4 is 29.0 Å². The average molecular weight is 408 g/mol. The molecule has 0 bridgehead atoms. The Balaban J connectivity index is 2.59. The van der Waals surface area contributed by atoms with Crippen LogP contribution in [-0.2, 0) is 9.59 Å². The lowest BCUT2D eigenvalue weighted by molar-refractivity contribution is -0.154. The number of thiocarbonyl (C=S) groups is 1. The number of nitrogens with zero attached hydrogens (tertiary/aromatic N) is 1. The van der Waals surface area contributed by atoms with Crippen molar-refractivity contribution in [1.82, 2.24) is 4.90 Å². The summed E-state index contributed by atoms with van der Waals surface area (Å²) in [5, 5.41) is 10.3. The van der Waals surface area contributed by atoms with Gasteiger partial charge < -0.3 is 10.0 Å². The third-order valence-corrected chi connectivity index (χ3v) is 6.48. The summed E-state index contributed by atoms with van der Waals surface area (Å²) in [7, 11) is 0. The zero-order chi connectivity index (χ0) is 21.1. The lowest BCUT2D eigenvalue weighted by atomic mass is 9.70. The Labute approximate surface area is 172 Å². The van der Waals surface area contributed by atoms with Crippen molar-refractivity contribution in [1.29, 1.82) is 0 Å². The van der Waals surface area contributed by atoms with Gasteiger partial charge in [0.05, 0.1) is 0 Å². The highest BCUT2D eigenvalue weighted by atomic mass is 32.1. The number of amides is 1. The number of rotatable bonds is 7. The number of ketones is 1. The number of aliphatic hydroxyl groups excluding tert-OH is 1. The first kappa shape index (κ1) is 22.5. The van der Waals surface area contributed by atoms with Crippen LogP contribution in [0.5, 0.6) is 0 Å². The van der Waals surface area contributed by atoms with Crippen LogP contribution in [0.25, 0.3) is 0 Å². The molecule has 1 aliphatic heterocycles. The number of hydrogen-bond acceptors (Lipinski definition) is 3. The third kappa shape index (κ3) is 3.97. The first-order valence-corrected chi connectivity index (χ1v) is 10.4. The van der Waals surface area contributed by atoms with E-state index < -0.39 is 22.6 Å². The van der Waals surface area contributed by atoms with Gasteiger partial charge in [0.25, 0.3) is 5.91 Å². The molecule has 1 N–H and O–H groups in total. The maximum Gasteiger partial charge on any atom is 0.291 e. The van der Waals surface area contributed by atoms with Crippen molar-refractivity contribution in [3.63, 3.8) is 0 Å². The minimum atomic E-state index is -1.19. The van der Waals surface area contributed by atoms with Gasteiger partial charge in [-0.3, -0.25) is 9.59 Å². The lowest BCUT2D eigenvalue weighted by Crippen LogP contribution is -2.64. The molecule has 0 radical (unpaired) electrons. The van der Waals surface area contributed by atoms with Crippen LogP contribution in [0.4, 0.5) is 4.39 Å². The molecular weight excluding hydrogens is 377 g/mol. The van der Waals surface area contributed by atoms with E-state index in [0.717, 1.165) is 0 Å². The van der Waals surface area contributed by atoms with E-state index in [9.17, 15) is 19.1 Å². The number of carbonyl (C=O) groups is 2. The van der Waals surface area contributed by atoms with Gasteiger partial charge in [-0.1, -0.05) is 46.2 Å². The zero-order valence-corrected chi connectivity index (χ0v) is 17.9. The van der Waals surface area contributed by atoms with Crippen LogP contribution in [0, 0.1) is 11.2 Å². The van der Waals surface area contributed by atoms with Crippen LogP contribution >= 0.6 is 12.2 Å². The van der Waals surface area contributed by atoms with E-state index in [1.165, 1.54) is 17.0 Å². The SMILES string of the molecule is CCCC1(C(O)=S)C(c2cccc(F)c2)CCCN1C(=O)C(=O)C(C)(C)CC. The smallest absolute Gasteiger partial charge is 0.291 e. The van der Waals surface area contributed by atoms with E-state index in [2.05, 4.69) is 0 Å². The fourth-order valence-electron chi connectivity index (χ4n) is 4.16. The van der Waals surface area contributed by atoms with E-state index in [1.54, 1.807) is 26.0 Å². The molecule has 1 aromatic carbocycles. The minimum Gasteiger partial charge on any atom is -0.500 e. The molecule has 2 unspecified atom stereocenters. The molecule has 1 fully saturated rings. The van der Waals surface area contributed by atoms with Gasteiger partial charge in [-0.15, -0.1) is 0 Å². The molecule has 2 atom stereocenters. The Morgan fingerprint density at radius 3 is 2.57 bits per heavy atom. The van der Waals surface area contributed by atoms with Gasteiger partial charge in [-0.2, -0.15) is 0 Å². The quantitative estimate of drug-likeness (QED) is 0.513. The highest BCUT2D eigenvalue weighted by Gasteiger charge is 2.53. The van der Waals surface area contributed by atoms with Gasteiger partial charge >= 0.3 is 0 Å². The Kier molecular flexibility index (Phi) is 6.97. The molecule has 1 amide bonds. The molecule has 6 heteroatoms. The van der Waals surface area contributed by atoms with Crippen LogP contribution in [0.15, 0.2) is 24.3 Å². The van der Waals surface area contributed by atoms with Crippen LogP contribution in [0.2, 0.25) is 0 Å². The monoisotopic (exact) mass is 407 g/mol. The first-order valence-electron chi connectivity index (χ1n) is 9.97. The fraction of sp³-hybridized carbons (Fsp3) is 0.591. The van der Waals surface area contributed by atoms with Crippen LogP contribution in [0.3, 0.4) is 0 Å². The number of aliphatic hydroxyl groups is 1. The number of likely N-dealkylation sites (tertiary alicyclic amines) is 1. The van der Waals surface area contributed by atoms with E-state index in [1.807, 2.05) is 13.8 Å². The summed E-state index contributed by atoms with van der Waals surface area (Å²) in [6.45, 7) is 7.65. The second-order valence-electron chi connectivity index (χ2n) is 8.25. The lowest BCUT2D eigenvalue weighted by Gasteiger charge is -2.51. The maximum atomic E-state index is 13.9. The van der Waals surface area contributed by atoms with Crippen molar-refractivity contribution in [3.05, 3.63) is 35.6 Å². The van der Waals surface area contributed by atoms with Gasteiger partial charge in [0.2, 0.25) is 5.78 Å². The molecule has 0 saturated carbocycles. The molecule has 0 spiro atoms. The second kappa shape index (κ2) is 8.68. The van der Waals surface area contributed by atoms with Crippen LogP contribution < -0.4 is 0 Å². The number of carbonyl (C=O) groups excluding carboxylic acids is 2. The normalized spacial score (nSPS) is 22.8. The Morgan fingerprint density at radius 1 is 1.36 bits per heavy atom. The molecule has 154 valence electrons. The molecule has 1 aromatic rings. The largest absolute Gasteiger partial charge is 0.500 e. The maximum absolute atomic E-state index is 13.9. The molecule has 0 aliphatic carbocycles. The molecule has 4 nitrogen and oxygen atoms in total. The van der Waals surface area contributed by atoms with Gasteiger partial charge in [0.1, 0.15) is 11.4 Å². The van der Waals surface area contributed by atoms with Gasteiger partial charge in [-0.25, -0.2) is 4.39 Å². The first-order chi connectivity index (χ1) is 13.1. The average Bonchev–Trinajstić information content (AvgIpc) is 2.66. The highest BCUT2D eigenvalue weighted by Crippen LogP contribution is 2.45. The number of piperidine rings is 1. The van der Waals surface area contributed by atoms with E-state index in [4.69, 9.17) is 12.2 Å². The fourth-order valence-corrected chi connectivity index (χ4v) is 4.52. The number of Topliss-reactive ketones (excluding diaryl/α,β-unsaturated/α-hetero) is 1. The summed E-state index contributed by atoms with van der Waals surface area (Å²) in [6, 6.07) is 6.20. The van der Waals surface area contributed by atoms with Crippen molar-refractivity contribution in [3.8, 4) is 0 Å². The Hall–Kier alpha value is -1.82. The van der Waals surface area contributed by atoms with Crippen LogP contribution in [0.1, 0.15) is 71.3 Å². The molecular formula is C22H30FNO3S. The summed E-state index contributed by atoms with van der Waals surface area (Å²) in [5.74, 6) is -1.83. The van der Waals surface area contributed by atoms with E-state index >= 15 is 0 Å². The molecule has 2 rings (SSSR count). The molecule has 1 aliphatic rings. The van der Waals surface area contributed by atoms with E-state index in [0.29, 0.717) is 44.2 Å². The summed E-state index contributed by atoms with van der Waals surface area (Å²) in [4.78, 5) is 27.7. The van der Waals surface area contributed by atoms with Crippen molar-refractivity contribution in [2.45, 2.75) is 71.3 Å². The van der Waals surface area contributed by atoms with Gasteiger partial charge in [0, 0.05) is 17.9 Å². The predicted octanol–water partition coefficient (Wildman–Crippen LogP) is 4.96. The Bertz CT molecular complexity index is 764. The van der Waals surface area contributed by atoms with Crippen LogP contribution in [-0.4, -0.2) is 38.8 Å². The minimum absolute atomic E-state index is 0.307. The van der Waals surface area contributed by atoms with Crippen molar-refractivity contribution in [2.75, 3.05) is 6.54 Å². The summed E-state index contributed by atoms with van der Waals surface area (Å²) < 4.78 is 13.9. The summed E-state index contributed by atoms with van der Waals surface area (Å²) in [5.41, 5.74) is -1.30. The molecule has 1 heterocycles. The van der Waals surface area contributed by atoms with Gasteiger partial charge in [0.15, 0.2) is 5.05 Å². The zero-order valence-electron chi connectivity index (χ0n) is 17.1. The molecule has 1 saturated heterocycles. The predicted molar refractivity (Wildman–Crippen MR) is 112 cm³/mol. The summed E-state index contributed by atoms with van der Waals surface area (Å²) in [6.07, 6.45) is 2.90. The summed E-state index contributed by atoms with van der Waals surface area (Å²) >= 11 is 5.26. The highest BCUT2D eigenvalue weighted by molar-refractivity contribution is 7.80. The number of benzene rings is 1. The number of hydrogen-bond donors (Lipinski definition) is 1. The van der Waals surface area contributed by atoms with Gasteiger partial charge in [-0.05, 0) is 55.6 Å². The Morgan fingerprint density at radius 2 is 2.04 bits per heavy atom. The third-order valence-electron chi connectivity index (χ3n) is 6.12. The van der Waals surface area contributed by atoms with Crippen molar-refractivity contribution < 1.29 is 19.1 Å².